The Hall–Kier alpha value is -4.46. The van der Waals surface area contributed by atoms with E-state index in [0.717, 1.165) is 11.1 Å². The van der Waals surface area contributed by atoms with Crippen LogP contribution in [0.2, 0.25) is 0 Å². The summed E-state index contributed by atoms with van der Waals surface area (Å²) in [6.45, 7) is 1.68. The van der Waals surface area contributed by atoms with Crippen molar-refractivity contribution in [3.63, 3.8) is 0 Å². The Morgan fingerprint density at radius 3 is 2.55 bits per heavy atom. The van der Waals surface area contributed by atoms with E-state index < -0.39 is 0 Å². The molecule has 0 radical (unpaired) electrons. The minimum Gasteiger partial charge on any atom is -0.489 e. The molecule has 0 aliphatic rings. The molecule has 33 heavy (non-hydrogen) atoms. The first-order chi connectivity index (χ1) is 16.0. The minimum absolute atomic E-state index is 0.182. The van der Waals surface area contributed by atoms with Crippen molar-refractivity contribution >= 4 is 17.4 Å². The highest BCUT2D eigenvalue weighted by atomic mass is 19.1. The van der Waals surface area contributed by atoms with E-state index in [2.05, 4.69) is 15.3 Å². The summed E-state index contributed by atoms with van der Waals surface area (Å²) in [6.07, 6.45) is 1.32. The number of benzene rings is 3. The van der Waals surface area contributed by atoms with Gasteiger partial charge in [-0.05, 0) is 47.5 Å². The van der Waals surface area contributed by atoms with Gasteiger partial charge in [0.2, 0.25) is 11.8 Å². The molecule has 0 fully saturated rings. The van der Waals surface area contributed by atoms with Crippen molar-refractivity contribution < 1.29 is 18.7 Å². The number of nitrogens with one attached hydrogen (secondary N) is 1. The Kier molecular flexibility index (Phi) is 6.45. The molecule has 1 aromatic heterocycles. The fourth-order valence-electron chi connectivity index (χ4n) is 3.19. The van der Waals surface area contributed by atoms with Crippen molar-refractivity contribution in [2.45, 2.75) is 13.5 Å². The number of carbonyl (C=O) groups is 1. The fraction of sp³-hybridized carbons (Fsp3) is 0.0800. The number of hydrogen-bond donors (Lipinski definition) is 2. The fourth-order valence-corrected chi connectivity index (χ4v) is 3.19. The zero-order chi connectivity index (χ0) is 23.2. The number of nitrogens with two attached hydrogens (primary N) is 1. The number of halogens is 1. The lowest BCUT2D eigenvalue weighted by atomic mass is 10.1. The van der Waals surface area contributed by atoms with Gasteiger partial charge in [-0.2, -0.15) is 0 Å². The Morgan fingerprint density at radius 2 is 1.79 bits per heavy atom. The van der Waals surface area contributed by atoms with Gasteiger partial charge in [-0.3, -0.25) is 4.79 Å². The molecule has 1 amide bonds. The second-order valence-electron chi connectivity index (χ2n) is 7.19. The molecule has 0 saturated heterocycles. The van der Waals surface area contributed by atoms with Crippen LogP contribution in [-0.4, -0.2) is 15.9 Å². The maximum absolute atomic E-state index is 13.3. The molecule has 1 heterocycles. The largest absolute Gasteiger partial charge is 0.489 e. The van der Waals surface area contributed by atoms with Gasteiger partial charge in [0.1, 0.15) is 36.1 Å². The third kappa shape index (κ3) is 5.62. The van der Waals surface area contributed by atoms with Crippen LogP contribution in [0.4, 0.5) is 15.9 Å². The van der Waals surface area contributed by atoms with Crippen molar-refractivity contribution in [2.75, 3.05) is 11.1 Å². The molecule has 3 N–H and O–H groups in total. The number of ether oxygens (including phenoxy) is 2. The summed E-state index contributed by atoms with van der Waals surface area (Å²) in [5.74, 6) is 1.14. The van der Waals surface area contributed by atoms with Gasteiger partial charge in [-0.25, -0.2) is 14.4 Å². The number of nitrogen functional groups attached to an aromatic ring is 1. The number of aromatic nitrogens is 2. The first kappa shape index (κ1) is 21.8. The lowest BCUT2D eigenvalue weighted by molar-refractivity contribution is -0.114. The lowest BCUT2D eigenvalue weighted by Gasteiger charge is -2.13. The van der Waals surface area contributed by atoms with Gasteiger partial charge >= 0.3 is 0 Å². The third-order valence-corrected chi connectivity index (χ3v) is 4.65. The smallest absolute Gasteiger partial charge is 0.232 e. The van der Waals surface area contributed by atoms with E-state index >= 15 is 0 Å². The molecule has 0 aliphatic carbocycles. The molecule has 7 nitrogen and oxygen atoms in total. The molecule has 0 spiro atoms. The first-order valence-electron chi connectivity index (χ1n) is 10.1. The molecule has 3 aromatic carbocycles. The van der Waals surface area contributed by atoms with Crippen LogP contribution in [0.25, 0.3) is 11.1 Å². The Labute approximate surface area is 190 Å². The monoisotopic (exact) mass is 444 g/mol. The summed E-state index contributed by atoms with van der Waals surface area (Å²) < 4.78 is 25.0. The predicted octanol–water partition coefficient (Wildman–Crippen LogP) is 5.19. The third-order valence-electron chi connectivity index (χ3n) is 4.65. The van der Waals surface area contributed by atoms with E-state index in [9.17, 15) is 9.18 Å². The van der Waals surface area contributed by atoms with Gasteiger partial charge in [-0.1, -0.05) is 30.3 Å². The Balaban J connectivity index is 1.54. The zero-order valence-electron chi connectivity index (χ0n) is 17.8. The number of hydrogen-bond acceptors (Lipinski definition) is 6. The SMILES string of the molecule is CC(=O)Nc1cccc(Oc2ncnc(N)c2-c2ccc(OCc3cccc(F)c3)cc2)c1. The van der Waals surface area contributed by atoms with Crippen molar-refractivity contribution in [1.82, 2.24) is 9.97 Å². The summed E-state index contributed by atoms with van der Waals surface area (Å²) >= 11 is 0. The van der Waals surface area contributed by atoms with Gasteiger partial charge in [0.05, 0.1) is 5.56 Å². The predicted molar refractivity (Wildman–Crippen MR) is 123 cm³/mol. The van der Waals surface area contributed by atoms with Crippen LogP contribution in [0.3, 0.4) is 0 Å². The van der Waals surface area contributed by atoms with Gasteiger partial charge in [0.15, 0.2) is 0 Å². The van der Waals surface area contributed by atoms with Gasteiger partial charge in [0.25, 0.3) is 0 Å². The topological polar surface area (TPSA) is 99.4 Å². The second-order valence-corrected chi connectivity index (χ2v) is 7.19. The molecule has 8 heteroatoms. The summed E-state index contributed by atoms with van der Waals surface area (Å²) in [6, 6.07) is 20.4. The average molecular weight is 444 g/mol. The number of nitrogens with zero attached hydrogens (tertiary/aromatic N) is 2. The van der Waals surface area contributed by atoms with E-state index in [4.69, 9.17) is 15.2 Å². The number of rotatable bonds is 7. The molecular weight excluding hydrogens is 423 g/mol. The van der Waals surface area contributed by atoms with E-state index in [1.807, 2.05) is 12.1 Å². The Morgan fingerprint density at radius 1 is 1.00 bits per heavy atom. The standard InChI is InChI=1S/C25H21FN4O3/c1-16(31)30-20-6-3-7-22(13-20)33-25-23(24(27)28-15-29-25)18-8-10-21(11-9-18)32-14-17-4-2-5-19(26)12-17/h2-13,15H,14H2,1H3,(H,30,31)(H2,27,28,29). The normalized spacial score (nSPS) is 10.5. The summed E-state index contributed by atoms with van der Waals surface area (Å²) in [7, 11) is 0. The minimum atomic E-state index is -0.304. The van der Waals surface area contributed by atoms with Crippen LogP contribution < -0.4 is 20.5 Å². The highest BCUT2D eigenvalue weighted by molar-refractivity contribution is 5.88. The van der Waals surface area contributed by atoms with Crippen LogP contribution in [-0.2, 0) is 11.4 Å². The van der Waals surface area contributed by atoms with Crippen LogP contribution in [0, 0.1) is 5.82 Å². The van der Waals surface area contributed by atoms with E-state index in [1.54, 1.807) is 48.5 Å². The number of carbonyl (C=O) groups excluding carboxylic acids is 1. The second kappa shape index (κ2) is 9.78. The van der Waals surface area contributed by atoms with Crippen molar-refractivity contribution in [2.24, 2.45) is 0 Å². The maximum Gasteiger partial charge on any atom is 0.232 e. The highest BCUT2D eigenvalue weighted by Crippen LogP contribution is 2.36. The molecule has 4 aromatic rings. The van der Waals surface area contributed by atoms with E-state index in [0.29, 0.717) is 22.7 Å². The Bertz CT molecular complexity index is 1280. The van der Waals surface area contributed by atoms with Gasteiger partial charge in [-0.15, -0.1) is 0 Å². The molecule has 0 bridgehead atoms. The van der Waals surface area contributed by atoms with E-state index in [1.165, 1.54) is 25.4 Å². The first-order valence-corrected chi connectivity index (χ1v) is 10.1. The summed E-state index contributed by atoms with van der Waals surface area (Å²) in [5, 5.41) is 2.71. The van der Waals surface area contributed by atoms with Crippen LogP contribution in [0.1, 0.15) is 12.5 Å². The number of amides is 1. The van der Waals surface area contributed by atoms with E-state index in [-0.39, 0.29) is 30.0 Å². The summed E-state index contributed by atoms with van der Waals surface area (Å²) in [4.78, 5) is 19.6. The van der Waals surface area contributed by atoms with Crippen molar-refractivity contribution in [3.8, 4) is 28.5 Å². The van der Waals surface area contributed by atoms with Crippen molar-refractivity contribution in [1.29, 1.82) is 0 Å². The maximum atomic E-state index is 13.3. The van der Waals surface area contributed by atoms with Gasteiger partial charge in [0, 0.05) is 18.7 Å². The quantitative estimate of drug-likeness (QED) is 0.407. The lowest BCUT2D eigenvalue weighted by Crippen LogP contribution is -2.05. The molecule has 0 unspecified atom stereocenters. The summed E-state index contributed by atoms with van der Waals surface area (Å²) in [5.41, 5.74) is 8.73. The molecule has 0 atom stereocenters. The molecular formula is C25H21FN4O3. The zero-order valence-corrected chi connectivity index (χ0v) is 17.8. The molecule has 4 rings (SSSR count). The van der Waals surface area contributed by atoms with Crippen LogP contribution >= 0.6 is 0 Å². The van der Waals surface area contributed by atoms with Crippen LogP contribution in [0.15, 0.2) is 79.1 Å². The average Bonchev–Trinajstić information content (AvgIpc) is 2.78. The molecule has 0 saturated carbocycles. The van der Waals surface area contributed by atoms with Gasteiger partial charge < -0.3 is 20.5 Å². The molecule has 166 valence electrons. The molecule has 0 aliphatic heterocycles. The van der Waals surface area contributed by atoms with Crippen LogP contribution in [0.5, 0.6) is 17.4 Å². The highest BCUT2D eigenvalue weighted by Gasteiger charge is 2.15. The van der Waals surface area contributed by atoms with Crippen molar-refractivity contribution in [3.05, 3.63) is 90.5 Å². The number of anilines is 2.